The summed E-state index contributed by atoms with van der Waals surface area (Å²) >= 11 is 3.48. The topological polar surface area (TPSA) is 17.1 Å². The van der Waals surface area contributed by atoms with E-state index in [1.807, 2.05) is 18.2 Å². The number of benzene rings is 1. The lowest BCUT2D eigenvalue weighted by atomic mass is 9.70. The van der Waals surface area contributed by atoms with E-state index in [1.165, 1.54) is 0 Å². The van der Waals surface area contributed by atoms with E-state index < -0.39 is 0 Å². The summed E-state index contributed by atoms with van der Waals surface area (Å²) in [4.78, 5) is 12.2. The van der Waals surface area contributed by atoms with Gasteiger partial charge < -0.3 is 0 Å². The van der Waals surface area contributed by atoms with E-state index in [0.717, 1.165) is 24.8 Å². The van der Waals surface area contributed by atoms with Crippen LogP contribution in [0.15, 0.2) is 30.3 Å². The summed E-state index contributed by atoms with van der Waals surface area (Å²) in [5, 5.41) is 0. The van der Waals surface area contributed by atoms with Crippen LogP contribution in [0.1, 0.15) is 31.7 Å². The van der Waals surface area contributed by atoms with Crippen molar-refractivity contribution in [2.45, 2.75) is 36.4 Å². The molecule has 2 atom stereocenters. The van der Waals surface area contributed by atoms with Crippen LogP contribution in [0.5, 0.6) is 0 Å². The van der Waals surface area contributed by atoms with Crippen LogP contribution in [0.25, 0.3) is 0 Å². The van der Waals surface area contributed by atoms with Crippen molar-refractivity contribution >= 4 is 21.7 Å². The van der Waals surface area contributed by atoms with Crippen LogP contribution in [-0.2, 0) is 10.2 Å². The van der Waals surface area contributed by atoms with Crippen molar-refractivity contribution in [2.75, 3.05) is 0 Å². The van der Waals surface area contributed by atoms with E-state index >= 15 is 0 Å². The highest BCUT2D eigenvalue weighted by Crippen LogP contribution is 2.38. The Bertz CT molecular complexity index is 360. The van der Waals surface area contributed by atoms with Gasteiger partial charge in [0.2, 0.25) is 0 Å². The maximum atomic E-state index is 12.2. The van der Waals surface area contributed by atoms with Crippen molar-refractivity contribution in [2.24, 2.45) is 0 Å². The summed E-state index contributed by atoms with van der Waals surface area (Å²) in [7, 11) is 0. The molecule has 0 N–H and O–H groups in total. The lowest BCUT2D eigenvalue weighted by Gasteiger charge is -2.35. The smallest absolute Gasteiger partial charge is 0.156 e. The molecule has 1 aliphatic rings. The van der Waals surface area contributed by atoms with Crippen LogP contribution in [-0.4, -0.2) is 10.6 Å². The van der Waals surface area contributed by atoms with Crippen LogP contribution in [0.3, 0.4) is 0 Å². The fourth-order valence-corrected chi connectivity index (χ4v) is 3.16. The second kappa shape index (κ2) is 4.09. The van der Waals surface area contributed by atoms with Crippen LogP contribution in [0.2, 0.25) is 0 Å². The first-order valence-corrected chi connectivity index (χ1v) is 6.30. The predicted octanol–water partition coefficient (Wildman–Crippen LogP) is 3.46. The summed E-state index contributed by atoms with van der Waals surface area (Å²) in [5.41, 5.74) is 0.868. The maximum Gasteiger partial charge on any atom is 0.156 e. The van der Waals surface area contributed by atoms with Crippen LogP contribution in [0, 0.1) is 0 Å². The molecule has 2 rings (SSSR count). The van der Waals surface area contributed by atoms with Gasteiger partial charge in [-0.3, -0.25) is 4.79 Å². The molecule has 15 heavy (non-hydrogen) atoms. The highest BCUT2D eigenvalue weighted by atomic mass is 79.9. The first-order chi connectivity index (χ1) is 7.14. The van der Waals surface area contributed by atoms with Gasteiger partial charge in [0, 0.05) is 0 Å². The molecule has 0 amide bonds. The Labute approximate surface area is 99.0 Å². The molecule has 0 spiro atoms. The number of halogens is 1. The second-order valence-electron chi connectivity index (χ2n) is 4.42. The maximum absolute atomic E-state index is 12.2. The summed E-state index contributed by atoms with van der Waals surface area (Å²) in [5.74, 6) is 0.333. The molecule has 2 heteroatoms. The molecule has 1 aliphatic carbocycles. The molecule has 1 aromatic carbocycles. The average molecular weight is 267 g/mol. The molecule has 2 unspecified atom stereocenters. The minimum Gasteiger partial charge on any atom is -0.297 e. The van der Waals surface area contributed by atoms with Crippen LogP contribution in [0.4, 0.5) is 0 Å². The third kappa shape index (κ3) is 1.87. The summed E-state index contributed by atoms with van der Waals surface area (Å²) in [6, 6.07) is 10.1. The number of ketones is 1. The molecule has 0 aromatic heterocycles. The summed E-state index contributed by atoms with van der Waals surface area (Å²) in [6.45, 7) is 2.07. The van der Waals surface area contributed by atoms with Gasteiger partial charge in [0.05, 0.1) is 10.2 Å². The molecule has 0 heterocycles. The van der Waals surface area contributed by atoms with Crippen molar-refractivity contribution in [3.63, 3.8) is 0 Å². The third-order valence-electron chi connectivity index (χ3n) is 3.37. The number of rotatable bonds is 1. The first-order valence-electron chi connectivity index (χ1n) is 5.38. The summed E-state index contributed by atoms with van der Waals surface area (Å²) in [6.07, 6.45) is 3.06. The molecular formula is C13H15BrO. The molecule has 0 bridgehead atoms. The SMILES string of the molecule is CC1(c2ccccc2)CCCC(Br)C1=O. The zero-order chi connectivity index (χ0) is 10.9. The predicted molar refractivity (Wildman–Crippen MR) is 65.4 cm³/mol. The fraction of sp³-hybridized carbons (Fsp3) is 0.462. The zero-order valence-corrected chi connectivity index (χ0v) is 10.5. The van der Waals surface area contributed by atoms with Crippen molar-refractivity contribution in [3.8, 4) is 0 Å². The highest BCUT2D eigenvalue weighted by molar-refractivity contribution is 9.10. The molecule has 1 fully saturated rings. The Morgan fingerprint density at radius 1 is 1.33 bits per heavy atom. The number of hydrogen-bond donors (Lipinski definition) is 0. The number of carbonyl (C=O) groups excluding carboxylic acids is 1. The van der Waals surface area contributed by atoms with Gasteiger partial charge in [-0.15, -0.1) is 0 Å². The van der Waals surface area contributed by atoms with Gasteiger partial charge in [-0.05, 0) is 25.3 Å². The van der Waals surface area contributed by atoms with E-state index in [4.69, 9.17) is 0 Å². The number of hydrogen-bond acceptors (Lipinski definition) is 1. The Kier molecular flexibility index (Phi) is 2.96. The molecular weight excluding hydrogens is 252 g/mol. The molecule has 0 saturated heterocycles. The number of Topliss-reactive ketones (excluding diaryl/α,β-unsaturated/α-hetero) is 1. The zero-order valence-electron chi connectivity index (χ0n) is 8.87. The number of carbonyl (C=O) groups is 1. The van der Waals surface area contributed by atoms with Crippen molar-refractivity contribution in [1.82, 2.24) is 0 Å². The molecule has 80 valence electrons. The minimum atomic E-state index is -0.284. The van der Waals surface area contributed by atoms with E-state index in [2.05, 4.69) is 35.0 Å². The van der Waals surface area contributed by atoms with Crippen molar-refractivity contribution in [3.05, 3.63) is 35.9 Å². The van der Waals surface area contributed by atoms with E-state index in [9.17, 15) is 4.79 Å². The van der Waals surface area contributed by atoms with Gasteiger partial charge in [-0.25, -0.2) is 0 Å². The quantitative estimate of drug-likeness (QED) is 0.712. The lowest BCUT2D eigenvalue weighted by molar-refractivity contribution is -0.125. The minimum absolute atomic E-state index is 0.0384. The van der Waals surface area contributed by atoms with Gasteiger partial charge >= 0.3 is 0 Å². The Morgan fingerprint density at radius 3 is 2.67 bits per heavy atom. The molecule has 1 nitrogen and oxygen atoms in total. The van der Waals surface area contributed by atoms with Gasteiger partial charge in [0.15, 0.2) is 5.78 Å². The highest BCUT2D eigenvalue weighted by Gasteiger charge is 2.40. The molecule has 0 radical (unpaired) electrons. The summed E-state index contributed by atoms with van der Waals surface area (Å²) < 4.78 is 0. The van der Waals surface area contributed by atoms with Gasteiger partial charge in [0.1, 0.15) is 0 Å². The van der Waals surface area contributed by atoms with Gasteiger partial charge in [-0.1, -0.05) is 52.7 Å². The van der Waals surface area contributed by atoms with Gasteiger partial charge in [-0.2, -0.15) is 0 Å². The largest absolute Gasteiger partial charge is 0.297 e. The first kappa shape index (κ1) is 10.9. The Balaban J connectivity index is 2.37. The number of alkyl halides is 1. The van der Waals surface area contributed by atoms with Crippen LogP contribution >= 0.6 is 15.9 Å². The Hall–Kier alpha value is -0.630. The lowest BCUT2D eigenvalue weighted by Crippen LogP contribution is -2.41. The fourth-order valence-electron chi connectivity index (χ4n) is 2.33. The van der Waals surface area contributed by atoms with Crippen molar-refractivity contribution in [1.29, 1.82) is 0 Å². The monoisotopic (exact) mass is 266 g/mol. The van der Waals surface area contributed by atoms with Gasteiger partial charge in [0.25, 0.3) is 0 Å². The third-order valence-corrected chi connectivity index (χ3v) is 4.25. The van der Waals surface area contributed by atoms with E-state index in [-0.39, 0.29) is 10.2 Å². The average Bonchev–Trinajstić information content (AvgIpc) is 2.27. The van der Waals surface area contributed by atoms with E-state index in [0.29, 0.717) is 5.78 Å². The molecule has 0 aliphatic heterocycles. The normalized spacial score (nSPS) is 31.6. The molecule has 1 saturated carbocycles. The Morgan fingerprint density at radius 2 is 2.00 bits per heavy atom. The second-order valence-corrected chi connectivity index (χ2v) is 5.53. The molecule has 1 aromatic rings. The standard InChI is InChI=1S/C13H15BrO/c1-13(10-6-3-2-4-7-10)9-5-8-11(14)12(13)15/h2-4,6-7,11H,5,8-9H2,1H3. The van der Waals surface area contributed by atoms with E-state index in [1.54, 1.807) is 0 Å². The van der Waals surface area contributed by atoms with Crippen LogP contribution < -0.4 is 0 Å². The van der Waals surface area contributed by atoms with Crippen molar-refractivity contribution < 1.29 is 4.79 Å².